The van der Waals surface area contributed by atoms with E-state index in [1.807, 2.05) is 23.8 Å². The fraction of sp³-hybridized carbons (Fsp3) is 0.375. The zero-order valence-corrected chi connectivity index (χ0v) is 30.2. The largest absolute Gasteiger partial charge is 0.481 e. The number of fused-ring (bicyclic) bond motifs is 2. The molecular weight excluding hydrogens is 735 g/mol. The lowest BCUT2D eigenvalue weighted by atomic mass is 10.1. The maximum atomic E-state index is 13.3. The lowest BCUT2D eigenvalue weighted by Crippen LogP contribution is -2.21. The first-order valence-corrected chi connectivity index (χ1v) is 17.4. The molecule has 1 unspecified atom stereocenters. The van der Waals surface area contributed by atoms with Crippen molar-refractivity contribution < 1.29 is 50.1 Å². The summed E-state index contributed by atoms with van der Waals surface area (Å²) in [6.45, 7) is 3.92. The molecule has 280 valence electrons. The molecular formula is C32H35ClF3N7O8S. The second kappa shape index (κ2) is 17.4. The number of anilines is 1. The summed E-state index contributed by atoms with van der Waals surface area (Å²) in [7, 11) is -1.20. The van der Waals surface area contributed by atoms with Gasteiger partial charge in [0.05, 0.1) is 44.1 Å². The van der Waals surface area contributed by atoms with Crippen LogP contribution in [0.4, 0.5) is 19.1 Å². The summed E-state index contributed by atoms with van der Waals surface area (Å²) in [5.41, 5.74) is -0.818. The molecule has 0 aliphatic carbocycles. The number of methoxy groups -OCH3 is 3. The van der Waals surface area contributed by atoms with Gasteiger partial charge in [0.15, 0.2) is 11.5 Å². The number of rotatable bonds is 14. The number of pyridine rings is 2. The van der Waals surface area contributed by atoms with Crippen molar-refractivity contribution in [1.29, 1.82) is 0 Å². The van der Waals surface area contributed by atoms with Gasteiger partial charge >= 0.3 is 12.1 Å². The van der Waals surface area contributed by atoms with Crippen LogP contribution >= 0.6 is 11.6 Å². The summed E-state index contributed by atoms with van der Waals surface area (Å²) in [5.74, 6) is -1.05. The third-order valence-corrected chi connectivity index (χ3v) is 8.82. The van der Waals surface area contributed by atoms with Gasteiger partial charge in [-0.25, -0.2) is 22.9 Å². The highest BCUT2D eigenvalue weighted by molar-refractivity contribution is 7.92. The number of unbranched alkanes of at least 4 members (excludes halogenated alkanes) is 2. The molecule has 0 radical (unpaired) electrons. The van der Waals surface area contributed by atoms with Crippen molar-refractivity contribution in [3.8, 4) is 23.4 Å². The lowest BCUT2D eigenvalue weighted by Gasteiger charge is -2.15. The molecule has 0 aliphatic rings. The predicted octanol–water partition coefficient (Wildman–Crippen LogP) is 6.14. The number of aromatic nitrogens is 6. The number of halogens is 4. The Hall–Kier alpha value is -5.17. The number of carbonyl (C=O) groups is 1. The molecule has 0 spiro atoms. The SMILES string of the molecule is CCCCCC(C)OC(=O)COc1ccc(Cl)c2cccnc12.COc1cc(OC)n2nc(NS(=O)(=O)c3c(C(F)(F)F)ccnc3OC)nc2n1. The minimum absolute atomic E-state index is 0.0854. The number of esters is 1. The highest BCUT2D eigenvalue weighted by Crippen LogP contribution is 2.38. The predicted molar refractivity (Wildman–Crippen MR) is 182 cm³/mol. The molecule has 15 nitrogen and oxygen atoms in total. The van der Waals surface area contributed by atoms with E-state index in [4.69, 9.17) is 35.3 Å². The molecule has 0 aliphatic heterocycles. The van der Waals surface area contributed by atoms with E-state index in [2.05, 4.69) is 32.0 Å². The van der Waals surface area contributed by atoms with Gasteiger partial charge in [0, 0.05) is 17.8 Å². The Balaban J connectivity index is 0.000000239. The minimum Gasteiger partial charge on any atom is -0.481 e. The summed E-state index contributed by atoms with van der Waals surface area (Å²) in [6, 6.07) is 9.00. The van der Waals surface area contributed by atoms with E-state index in [-0.39, 0.29) is 36.2 Å². The fourth-order valence-electron chi connectivity index (χ4n) is 4.71. The quantitative estimate of drug-likeness (QED) is 0.101. The number of alkyl halides is 3. The molecule has 5 rings (SSSR count). The standard InChI is InChI=1S/C18H22ClNO3.C14H13F3N6O5S/c1-3-4-5-7-13(2)23-17(21)12-22-16-10-9-15(19)14-8-6-11-20-18(14)16;1-26-8-6-9(27-2)23-13(19-8)20-12(21-23)22-29(24,25)10-7(14(15,16)17)4-5-18-11(10)28-3/h6,8-11,13H,3-5,7,12H2,1-2H3;4-6H,1-3H3,(H,21,22). The normalized spacial score (nSPS) is 12.1. The van der Waals surface area contributed by atoms with Gasteiger partial charge < -0.3 is 23.7 Å². The Morgan fingerprint density at radius 3 is 2.46 bits per heavy atom. The van der Waals surface area contributed by atoms with Gasteiger partial charge in [-0.1, -0.05) is 31.4 Å². The van der Waals surface area contributed by atoms with Crippen LogP contribution in [0.1, 0.15) is 45.1 Å². The number of benzene rings is 1. The first-order chi connectivity index (χ1) is 24.7. The highest BCUT2D eigenvalue weighted by Gasteiger charge is 2.40. The van der Waals surface area contributed by atoms with E-state index in [9.17, 15) is 26.4 Å². The number of nitrogens with one attached hydrogen (secondary N) is 1. The van der Waals surface area contributed by atoms with Crippen LogP contribution < -0.4 is 23.7 Å². The molecule has 1 atom stereocenters. The van der Waals surface area contributed by atoms with Crippen LogP contribution in [0, 0.1) is 0 Å². The fourth-order valence-corrected chi connectivity index (χ4v) is 6.19. The topological polar surface area (TPSA) is 178 Å². The average molecular weight is 770 g/mol. The number of ether oxygens (including phenoxy) is 5. The molecule has 0 amide bonds. The molecule has 1 aromatic carbocycles. The van der Waals surface area contributed by atoms with E-state index in [0.29, 0.717) is 22.4 Å². The van der Waals surface area contributed by atoms with Gasteiger partial charge in [-0.3, -0.25) is 4.98 Å². The van der Waals surface area contributed by atoms with E-state index in [1.54, 1.807) is 18.3 Å². The van der Waals surface area contributed by atoms with Crippen molar-refractivity contribution in [3.63, 3.8) is 0 Å². The molecule has 4 aromatic heterocycles. The van der Waals surface area contributed by atoms with Crippen LogP contribution in [0.2, 0.25) is 5.02 Å². The minimum atomic E-state index is -4.98. The maximum Gasteiger partial charge on any atom is 0.418 e. The molecule has 52 heavy (non-hydrogen) atoms. The number of carbonyl (C=O) groups excluding carboxylic acids is 1. The Bertz CT molecular complexity index is 2120. The Kier molecular flexibility index (Phi) is 13.2. The van der Waals surface area contributed by atoms with Gasteiger partial charge in [-0.05, 0) is 50.1 Å². The van der Waals surface area contributed by atoms with E-state index >= 15 is 0 Å². The monoisotopic (exact) mass is 769 g/mol. The Labute approximate surface area is 301 Å². The number of sulfonamides is 1. The van der Waals surface area contributed by atoms with Gasteiger partial charge in [-0.15, -0.1) is 5.10 Å². The van der Waals surface area contributed by atoms with Gasteiger partial charge in [0.25, 0.3) is 21.7 Å². The van der Waals surface area contributed by atoms with Crippen LogP contribution in [-0.4, -0.2) is 78.0 Å². The summed E-state index contributed by atoms with van der Waals surface area (Å²) >= 11 is 6.13. The third-order valence-electron chi connectivity index (χ3n) is 7.11. The molecule has 0 saturated carbocycles. The zero-order valence-electron chi connectivity index (χ0n) is 28.6. The number of hydrogen-bond acceptors (Lipinski definition) is 13. The van der Waals surface area contributed by atoms with Crippen molar-refractivity contribution >= 4 is 50.2 Å². The molecule has 4 heterocycles. The first-order valence-electron chi connectivity index (χ1n) is 15.6. The number of hydrogen-bond donors (Lipinski definition) is 1. The van der Waals surface area contributed by atoms with E-state index in [0.717, 1.165) is 48.9 Å². The molecule has 0 saturated heterocycles. The van der Waals surface area contributed by atoms with Crippen LogP contribution in [0.25, 0.3) is 16.7 Å². The molecule has 1 N–H and O–H groups in total. The Morgan fingerprint density at radius 1 is 1.02 bits per heavy atom. The van der Waals surface area contributed by atoms with Crippen LogP contribution in [0.15, 0.2) is 53.7 Å². The maximum absolute atomic E-state index is 13.3. The first kappa shape index (κ1) is 39.6. The number of nitrogens with zero attached hydrogens (tertiary/aromatic N) is 6. The smallest absolute Gasteiger partial charge is 0.418 e. The third kappa shape index (κ3) is 9.78. The van der Waals surface area contributed by atoms with Crippen molar-refractivity contribution in [2.45, 2.75) is 56.7 Å². The van der Waals surface area contributed by atoms with Crippen LogP contribution in [-0.2, 0) is 25.7 Å². The summed E-state index contributed by atoms with van der Waals surface area (Å²) in [4.78, 5) is 26.3. The van der Waals surface area contributed by atoms with Gasteiger partial charge in [0.2, 0.25) is 17.6 Å². The summed E-state index contributed by atoms with van der Waals surface area (Å²) in [6.07, 6.45) is 1.64. The van der Waals surface area contributed by atoms with Gasteiger partial charge in [-0.2, -0.15) is 27.7 Å². The highest BCUT2D eigenvalue weighted by atomic mass is 35.5. The molecule has 20 heteroatoms. The van der Waals surface area contributed by atoms with E-state index < -0.39 is 38.5 Å². The molecule has 5 aromatic rings. The van der Waals surface area contributed by atoms with Crippen molar-refractivity contribution in [1.82, 2.24) is 29.5 Å². The van der Waals surface area contributed by atoms with E-state index in [1.165, 1.54) is 20.3 Å². The van der Waals surface area contributed by atoms with Crippen LogP contribution in [0.5, 0.6) is 23.4 Å². The van der Waals surface area contributed by atoms with Gasteiger partial charge in [0.1, 0.15) is 11.3 Å². The second-order valence-corrected chi connectivity index (χ2v) is 12.8. The average Bonchev–Trinajstić information content (AvgIpc) is 3.52. The lowest BCUT2D eigenvalue weighted by molar-refractivity contribution is -0.151. The summed E-state index contributed by atoms with van der Waals surface area (Å²) in [5, 5.41) is 5.25. The Morgan fingerprint density at radius 2 is 1.79 bits per heavy atom. The van der Waals surface area contributed by atoms with Crippen LogP contribution in [0.3, 0.4) is 0 Å². The second-order valence-electron chi connectivity index (χ2n) is 10.8. The molecule has 0 bridgehead atoms. The van der Waals surface area contributed by atoms with Crippen molar-refractivity contribution in [3.05, 3.63) is 59.4 Å². The summed E-state index contributed by atoms with van der Waals surface area (Å²) < 4.78 is 94.0. The van der Waals surface area contributed by atoms with Crippen molar-refractivity contribution in [2.75, 3.05) is 32.7 Å². The molecule has 0 fully saturated rings. The zero-order chi connectivity index (χ0) is 38.1. The van der Waals surface area contributed by atoms with Crippen molar-refractivity contribution in [2.24, 2.45) is 0 Å².